The zero-order valence-electron chi connectivity index (χ0n) is 9.82. The zero-order valence-corrected chi connectivity index (χ0v) is 9.82. The molecule has 1 N–H and O–H groups in total. The molecule has 0 aliphatic rings. The van der Waals surface area contributed by atoms with E-state index in [4.69, 9.17) is 4.74 Å². The number of carbonyl (C=O) groups excluding carboxylic acids is 1. The number of nitrogens with zero attached hydrogens (tertiary/aromatic N) is 1. The fourth-order valence-corrected chi connectivity index (χ4v) is 1.37. The van der Waals surface area contributed by atoms with Crippen LogP contribution in [0.1, 0.15) is 24.6 Å². The summed E-state index contributed by atoms with van der Waals surface area (Å²) in [5.41, 5.74) is 2.18. The molecule has 88 valence electrons. The van der Waals surface area contributed by atoms with Crippen molar-refractivity contribution in [3.63, 3.8) is 0 Å². The predicted molar refractivity (Wildman–Crippen MR) is 61.9 cm³/mol. The maximum Gasteiger partial charge on any atom is 0.307 e. The first kappa shape index (κ1) is 12.6. The molecule has 0 bridgehead atoms. The number of aromatic nitrogens is 1. The Kier molecular flexibility index (Phi) is 5.50. The van der Waals surface area contributed by atoms with Crippen LogP contribution in [0.4, 0.5) is 0 Å². The molecule has 1 heterocycles. The van der Waals surface area contributed by atoms with Crippen molar-refractivity contribution in [1.29, 1.82) is 0 Å². The van der Waals surface area contributed by atoms with E-state index in [-0.39, 0.29) is 5.97 Å². The van der Waals surface area contributed by atoms with Crippen molar-refractivity contribution in [2.45, 2.75) is 26.8 Å². The number of ether oxygens (including phenoxy) is 1. The molecule has 1 aromatic rings. The number of aryl methyl sites for hydroxylation is 1. The maximum absolute atomic E-state index is 11.0. The van der Waals surface area contributed by atoms with Gasteiger partial charge in [-0.2, -0.15) is 0 Å². The van der Waals surface area contributed by atoms with E-state index < -0.39 is 0 Å². The third-order valence-electron chi connectivity index (χ3n) is 2.10. The summed E-state index contributed by atoms with van der Waals surface area (Å²) in [6, 6.07) is 3.99. The average molecular weight is 222 g/mol. The van der Waals surface area contributed by atoms with Crippen LogP contribution in [0.5, 0.6) is 0 Å². The van der Waals surface area contributed by atoms with Gasteiger partial charge >= 0.3 is 5.97 Å². The largest absolute Gasteiger partial charge is 0.466 e. The molecule has 0 atom stereocenters. The third kappa shape index (κ3) is 4.89. The van der Waals surface area contributed by atoms with Crippen molar-refractivity contribution in [2.75, 3.05) is 13.2 Å². The summed E-state index contributed by atoms with van der Waals surface area (Å²) in [6.07, 6.45) is 2.20. The second kappa shape index (κ2) is 6.95. The van der Waals surface area contributed by atoms with Crippen molar-refractivity contribution in [3.05, 3.63) is 29.6 Å². The van der Waals surface area contributed by atoms with Gasteiger partial charge in [-0.1, -0.05) is 0 Å². The molecule has 0 aliphatic carbocycles. The molecule has 0 saturated carbocycles. The minimum absolute atomic E-state index is 0.152. The van der Waals surface area contributed by atoms with Crippen LogP contribution in [0.2, 0.25) is 0 Å². The van der Waals surface area contributed by atoms with Gasteiger partial charge in [0.2, 0.25) is 0 Å². The lowest BCUT2D eigenvalue weighted by Crippen LogP contribution is -2.19. The summed E-state index contributed by atoms with van der Waals surface area (Å²) >= 11 is 0. The van der Waals surface area contributed by atoms with E-state index in [2.05, 4.69) is 10.3 Å². The monoisotopic (exact) mass is 222 g/mol. The van der Waals surface area contributed by atoms with Crippen LogP contribution in [-0.2, 0) is 16.1 Å². The SMILES string of the molecule is CCOC(=O)CCNCc1ccnc(C)c1. The third-order valence-corrected chi connectivity index (χ3v) is 2.10. The molecule has 4 heteroatoms. The molecule has 1 aromatic heterocycles. The second-order valence-corrected chi connectivity index (χ2v) is 3.54. The molecular weight excluding hydrogens is 204 g/mol. The summed E-state index contributed by atoms with van der Waals surface area (Å²) in [5.74, 6) is -0.152. The average Bonchev–Trinajstić information content (AvgIpc) is 2.25. The highest BCUT2D eigenvalue weighted by Gasteiger charge is 2.00. The number of nitrogens with one attached hydrogen (secondary N) is 1. The Bertz CT molecular complexity index is 340. The first-order valence-corrected chi connectivity index (χ1v) is 5.50. The zero-order chi connectivity index (χ0) is 11.8. The lowest BCUT2D eigenvalue weighted by Gasteiger charge is -2.05. The first-order chi connectivity index (χ1) is 7.72. The minimum atomic E-state index is -0.152. The van der Waals surface area contributed by atoms with Crippen molar-refractivity contribution in [3.8, 4) is 0 Å². The van der Waals surface area contributed by atoms with Crippen LogP contribution in [0, 0.1) is 6.92 Å². The van der Waals surface area contributed by atoms with E-state index >= 15 is 0 Å². The van der Waals surface area contributed by atoms with Crippen molar-refractivity contribution >= 4 is 5.97 Å². The number of esters is 1. The van der Waals surface area contributed by atoms with Crippen LogP contribution in [0.25, 0.3) is 0 Å². The van der Waals surface area contributed by atoms with Gasteiger partial charge in [-0.25, -0.2) is 0 Å². The normalized spacial score (nSPS) is 10.1. The van der Waals surface area contributed by atoms with E-state index in [0.717, 1.165) is 12.2 Å². The summed E-state index contributed by atoms with van der Waals surface area (Å²) < 4.78 is 4.82. The van der Waals surface area contributed by atoms with E-state index in [1.54, 1.807) is 6.20 Å². The molecule has 0 spiro atoms. The van der Waals surface area contributed by atoms with E-state index in [1.807, 2.05) is 26.0 Å². The molecule has 0 amide bonds. The van der Waals surface area contributed by atoms with Gasteiger partial charge in [0.1, 0.15) is 0 Å². The first-order valence-electron chi connectivity index (χ1n) is 5.50. The van der Waals surface area contributed by atoms with Gasteiger partial charge in [0, 0.05) is 25.0 Å². The van der Waals surface area contributed by atoms with Gasteiger partial charge < -0.3 is 10.1 Å². The van der Waals surface area contributed by atoms with Gasteiger partial charge in [0.05, 0.1) is 13.0 Å². The summed E-state index contributed by atoms with van der Waals surface area (Å²) in [5, 5.41) is 3.19. The molecule has 4 nitrogen and oxygen atoms in total. The Morgan fingerprint density at radius 1 is 1.56 bits per heavy atom. The number of rotatable bonds is 6. The Balaban J connectivity index is 2.18. The molecule has 0 radical (unpaired) electrons. The predicted octanol–water partition coefficient (Wildman–Crippen LogP) is 1.43. The Hall–Kier alpha value is -1.42. The number of carbonyl (C=O) groups is 1. The highest BCUT2D eigenvalue weighted by atomic mass is 16.5. The highest BCUT2D eigenvalue weighted by Crippen LogP contribution is 1.99. The molecule has 0 saturated heterocycles. The smallest absolute Gasteiger partial charge is 0.307 e. The van der Waals surface area contributed by atoms with Gasteiger partial charge in [-0.05, 0) is 31.5 Å². The van der Waals surface area contributed by atoms with Gasteiger partial charge in [0.25, 0.3) is 0 Å². The summed E-state index contributed by atoms with van der Waals surface area (Å²) in [4.78, 5) is 15.2. The van der Waals surface area contributed by atoms with E-state index in [1.165, 1.54) is 5.56 Å². The van der Waals surface area contributed by atoms with Gasteiger partial charge in [0.15, 0.2) is 0 Å². The van der Waals surface area contributed by atoms with Crippen LogP contribution < -0.4 is 5.32 Å². The molecule has 0 aliphatic heterocycles. The highest BCUT2D eigenvalue weighted by molar-refractivity contribution is 5.69. The molecule has 16 heavy (non-hydrogen) atoms. The molecule has 0 unspecified atom stereocenters. The molecule has 1 rings (SSSR count). The maximum atomic E-state index is 11.0. The fraction of sp³-hybridized carbons (Fsp3) is 0.500. The minimum Gasteiger partial charge on any atom is -0.466 e. The Morgan fingerprint density at radius 2 is 2.38 bits per heavy atom. The van der Waals surface area contributed by atoms with E-state index in [9.17, 15) is 4.79 Å². The number of hydrogen-bond donors (Lipinski definition) is 1. The van der Waals surface area contributed by atoms with E-state index in [0.29, 0.717) is 19.6 Å². The number of pyridine rings is 1. The Morgan fingerprint density at radius 3 is 3.06 bits per heavy atom. The fourth-order valence-electron chi connectivity index (χ4n) is 1.37. The molecule has 0 fully saturated rings. The van der Waals surface area contributed by atoms with Crippen molar-refractivity contribution in [1.82, 2.24) is 10.3 Å². The molecule has 0 aromatic carbocycles. The summed E-state index contributed by atoms with van der Waals surface area (Å²) in [6.45, 7) is 5.61. The van der Waals surface area contributed by atoms with Crippen molar-refractivity contribution < 1.29 is 9.53 Å². The van der Waals surface area contributed by atoms with Gasteiger partial charge in [-0.3, -0.25) is 9.78 Å². The lowest BCUT2D eigenvalue weighted by molar-refractivity contribution is -0.142. The second-order valence-electron chi connectivity index (χ2n) is 3.54. The van der Waals surface area contributed by atoms with Crippen LogP contribution >= 0.6 is 0 Å². The Labute approximate surface area is 96.0 Å². The van der Waals surface area contributed by atoms with Crippen LogP contribution in [0.15, 0.2) is 18.3 Å². The number of hydrogen-bond acceptors (Lipinski definition) is 4. The topological polar surface area (TPSA) is 51.2 Å². The van der Waals surface area contributed by atoms with Crippen molar-refractivity contribution in [2.24, 2.45) is 0 Å². The standard InChI is InChI=1S/C12H18N2O2/c1-3-16-12(15)5-6-13-9-11-4-7-14-10(2)8-11/h4,7-8,13H,3,5-6,9H2,1-2H3. The summed E-state index contributed by atoms with van der Waals surface area (Å²) in [7, 11) is 0. The quantitative estimate of drug-likeness (QED) is 0.584. The van der Waals surface area contributed by atoms with Crippen LogP contribution in [0.3, 0.4) is 0 Å². The van der Waals surface area contributed by atoms with Gasteiger partial charge in [-0.15, -0.1) is 0 Å². The molecular formula is C12H18N2O2. The lowest BCUT2D eigenvalue weighted by atomic mass is 10.2. The van der Waals surface area contributed by atoms with Crippen LogP contribution in [-0.4, -0.2) is 24.1 Å².